The number of benzene rings is 1. The van der Waals surface area contributed by atoms with Crippen LogP contribution in [0.4, 0.5) is 11.4 Å². The fraction of sp³-hybridized carbons (Fsp3) is 0.538. The van der Waals surface area contributed by atoms with Crippen molar-refractivity contribution < 1.29 is 13.2 Å². The van der Waals surface area contributed by atoms with E-state index in [-0.39, 0.29) is 18.5 Å². The van der Waals surface area contributed by atoms with E-state index in [1.54, 1.807) is 31.2 Å². The van der Waals surface area contributed by atoms with Crippen LogP contribution in [0, 0.1) is 0 Å². The number of nitrogen functional groups attached to an aromatic ring is 1. The number of hydrogen-bond donors (Lipinski definition) is 1. The van der Waals surface area contributed by atoms with Gasteiger partial charge in [-0.05, 0) is 39.0 Å². The summed E-state index contributed by atoms with van der Waals surface area (Å²) in [6, 6.07) is 6.87. The molecule has 108 valence electrons. The third-order valence-electron chi connectivity index (χ3n) is 2.57. The van der Waals surface area contributed by atoms with E-state index in [0.29, 0.717) is 17.9 Å². The maximum absolute atomic E-state index is 12.3. The predicted molar refractivity (Wildman–Crippen MR) is 78.7 cm³/mol. The fourth-order valence-corrected chi connectivity index (χ4v) is 3.07. The second kappa shape index (κ2) is 6.77. The Balaban J connectivity index is 2.84. The molecule has 6 heteroatoms. The Bertz CT molecular complexity index is 500. The highest BCUT2D eigenvalue weighted by atomic mass is 32.2. The van der Waals surface area contributed by atoms with Gasteiger partial charge in [-0.2, -0.15) is 0 Å². The summed E-state index contributed by atoms with van der Waals surface area (Å²) in [4.78, 5) is 0. The van der Waals surface area contributed by atoms with Gasteiger partial charge in [0, 0.05) is 12.2 Å². The molecule has 0 fully saturated rings. The smallest absolute Gasteiger partial charge is 0.237 e. The van der Waals surface area contributed by atoms with Gasteiger partial charge >= 0.3 is 0 Å². The molecule has 2 N–H and O–H groups in total. The molecule has 1 aromatic rings. The number of anilines is 2. The number of sulfonamides is 1. The first-order valence-electron chi connectivity index (χ1n) is 6.34. The van der Waals surface area contributed by atoms with E-state index >= 15 is 0 Å². The molecule has 0 amide bonds. The van der Waals surface area contributed by atoms with Crippen LogP contribution >= 0.6 is 0 Å². The third-order valence-corrected chi connectivity index (χ3v) is 4.40. The zero-order chi connectivity index (χ0) is 14.5. The third kappa shape index (κ3) is 4.72. The van der Waals surface area contributed by atoms with Gasteiger partial charge in [0.15, 0.2) is 0 Å². The van der Waals surface area contributed by atoms with Crippen molar-refractivity contribution in [2.45, 2.75) is 26.9 Å². The first-order valence-corrected chi connectivity index (χ1v) is 7.95. The summed E-state index contributed by atoms with van der Waals surface area (Å²) in [7, 11) is -3.39. The van der Waals surface area contributed by atoms with Crippen molar-refractivity contribution in [2.24, 2.45) is 0 Å². The summed E-state index contributed by atoms with van der Waals surface area (Å²) in [5.74, 6) is -0.0339. The molecule has 1 aromatic carbocycles. The van der Waals surface area contributed by atoms with Crippen molar-refractivity contribution in [3.8, 4) is 0 Å². The standard InChI is InChI=1S/C13H22N2O3S/c1-4-15(13-7-5-6-12(14)10-13)19(16,17)9-8-18-11(2)3/h5-7,10-11H,4,8-9,14H2,1-3H3. The maximum Gasteiger partial charge on any atom is 0.237 e. The molecule has 0 aliphatic heterocycles. The number of nitrogens with two attached hydrogens (primary N) is 1. The summed E-state index contributed by atoms with van der Waals surface area (Å²) in [6.07, 6.45) is 0.0256. The van der Waals surface area contributed by atoms with E-state index in [0.717, 1.165) is 0 Å². The lowest BCUT2D eigenvalue weighted by atomic mass is 10.3. The van der Waals surface area contributed by atoms with Gasteiger partial charge in [-0.15, -0.1) is 0 Å². The molecule has 0 spiro atoms. The number of hydrogen-bond acceptors (Lipinski definition) is 4. The molecule has 19 heavy (non-hydrogen) atoms. The number of ether oxygens (including phenoxy) is 1. The van der Waals surface area contributed by atoms with Crippen LogP contribution in [0.3, 0.4) is 0 Å². The molecule has 0 unspecified atom stereocenters. The number of nitrogens with zero attached hydrogens (tertiary/aromatic N) is 1. The summed E-state index contributed by atoms with van der Waals surface area (Å²) < 4.78 is 31.2. The molecule has 0 aliphatic rings. The van der Waals surface area contributed by atoms with Gasteiger partial charge in [-0.1, -0.05) is 6.07 Å². The van der Waals surface area contributed by atoms with E-state index in [4.69, 9.17) is 10.5 Å². The fourth-order valence-electron chi connectivity index (χ4n) is 1.72. The molecule has 1 rings (SSSR count). The second-order valence-electron chi connectivity index (χ2n) is 4.50. The quantitative estimate of drug-likeness (QED) is 0.776. The summed E-state index contributed by atoms with van der Waals surface area (Å²) in [6.45, 7) is 6.11. The van der Waals surface area contributed by atoms with Gasteiger partial charge in [0.25, 0.3) is 0 Å². The lowest BCUT2D eigenvalue weighted by Crippen LogP contribution is -2.34. The Kier molecular flexibility index (Phi) is 5.62. The Hall–Kier alpha value is -1.27. The molecule has 0 aromatic heterocycles. The first-order chi connectivity index (χ1) is 8.86. The molecular formula is C13H22N2O3S. The highest BCUT2D eigenvalue weighted by Gasteiger charge is 2.21. The Morgan fingerprint density at radius 1 is 1.37 bits per heavy atom. The van der Waals surface area contributed by atoms with E-state index < -0.39 is 10.0 Å². The molecule has 0 saturated heterocycles. The van der Waals surface area contributed by atoms with Crippen molar-refractivity contribution in [3.05, 3.63) is 24.3 Å². The van der Waals surface area contributed by atoms with Gasteiger partial charge in [0.1, 0.15) is 0 Å². The van der Waals surface area contributed by atoms with E-state index in [1.807, 2.05) is 13.8 Å². The molecule has 0 saturated carbocycles. The molecule has 0 radical (unpaired) electrons. The second-order valence-corrected chi connectivity index (χ2v) is 6.51. The van der Waals surface area contributed by atoms with Gasteiger partial charge in [0.2, 0.25) is 10.0 Å². The molecule has 0 atom stereocenters. The predicted octanol–water partition coefficient (Wildman–Crippen LogP) is 1.85. The lowest BCUT2D eigenvalue weighted by Gasteiger charge is -2.23. The maximum atomic E-state index is 12.3. The van der Waals surface area contributed by atoms with Crippen LogP contribution in [-0.4, -0.2) is 33.4 Å². The van der Waals surface area contributed by atoms with Crippen LogP contribution in [0.25, 0.3) is 0 Å². The lowest BCUT2D eigenvalue weighted by molar-refractivity contribution is 0.0912. The Morgan fingerprint density at radius 2 is 2.05 bits per heavy atom. The SMILES string of the molecule is CCN(c1cccc(N)c1)S(=O)(=O)CCOC(C)C. The van der Waals surface area contributed by atoms with Crippen LogP contribution in [0.2, 0.25) is 0 Å². The van der Waals surface area contributed by atoms with Crippen LogP contribution < -0.4 is 10.0 Å². The van der Waals surface area contributed by atoms with Gasteiger partial charge in [-0.3, -0.25) is 4.31 Å². The molecule has 0 heterocycles. The van der Waals surface area contributed by atoms with Crippen LogP contribution in [0.5, 0.6) is 0 Å². The van der Waals surface area contributed by atoms with E-state index in [2.05, 4.69) is 0 Å². The number of rotatable bonds is 7. The molecule has 0 aliphatic carbocycles. The first kappa shape index (κ1) is 15.8. The van der Waals surface area contributed by atoms with Crippen molar-refractivity contribution in [3.63, 3.8) is 0 Å². The van der Waals surface area contributed by atoms with Crippen LogP contribution in [-0.2, 0) is 14.8 Å². The van der Waals surface area contributed by atoms with Crippen molar-refractivity contribution in [1.29, 1.82) is 0 Å². The normalized spacial score (nSPS) is 11.8. The largest absolute Gasteiger partial charge is 0.399 e. The average molecular weight is 286 g/mol. The van der Waals surface area contributed by atoms with Crippen molar-refractivity contribution in [1.82, 2.24) is 0 Å². The zero-order valence-corrected chi connectivity index (χ0v) is 12.5. The molecular weight excluding hydrogens is 264 g/mol. The van der Waals surface area contributed by atoms with Gasteiger partial charge in [0.05, 0.1) is 24.2 Å². The van der Waals surface area contributed by atoms with Crippen LogP contribution in [0.1, 0.15) is 20.8 Å². The minimum absolute atomic E-state index is 0.0256. The molecule has 5 nitrogen and oxygen atoms in total. The van der Waals surface area contributed by atoms with Crippen molar-refractivity contribution in [2.75, 3.05) is 28.9 Å². The van der Waals surface area contributed by atoms with E-state index in [1.165, 1.54) is 4.31 Å². The van der Waals surface area contributed by atoms with Crippen molar-refractivity contribution >= 4 is 21.4 Å². The Morgan fingerprint density at radius 3 is 2.58 bits per heavy atom. The zero-order valence-electron chi connectivity index (χ0n) is 11.7. The topological polar surface area (TPSA) is 72.6 Å². The Labute approximate surface area is 115 Å². The minimum Gasteiger partial charge on any atom is -0.399 e. The van der Waals surface area contributed by atoms with Crippen LogP contribution in [0.15, 0.2) is 24.3 Å². The average Bonchev–Trinajstić information content (AvgIpc) is 2.28. The highest BCUT2D eigenvalue weighted by Crippen LogP contribution is 2.20. The van der Waals surface area contributed by atoms with Gasteiger partial charge < -0.3 is 10.5 Å². The minimum atomic E-state index is -3.39. The molecule has 0 bridgehead atoms. The van der Waals surface area contributed by atoms with Gasteiger partial charge in [-0.25, -0.2) is 8.42 Å². The van der Waals surface area contributed by atoms with E-state index in [9.17, 15) is 8.42 Å². The summed E-state index contributed by atoms with van der Waals surface area (Å²) in [5, 5.41) is 0. The summed E-state index contributed by atoms with van der Waals surface area (Å²) in [5.41, 5.74) is 6.82. The summed E-state index contributed by atoms with van der Waals surface area (Å²) >= 11 is 0. The highest BCUT2D eigenvalue weighted by molar-refractivity contribution is 7.92. The monoisotopic (exact) mass is 286 g/mol.